The fourth-order valence-corrected chi connectivity index (χ4v) is 5.21. The van der Waals surface area contributed by atoms with E-state index in [1.807, 2.05) is 12.1 Å². The number of aromatic nitrogens is 2. The summed E-state index contributed by atoms with van der Waals surface area (Å²) < 4.78 is 11.2. The molecule has 0 aliphatic carbocycles. The molecule has 1 aromatic heterocycles. The average Bonchev–Trinajstić information content (AvgIpc) is 3.14. The average molecular weight is 597 g/mol. The van der Waals surface area contributed by atoms with Crippen LogP contribution >= 0.6 is 0 Å². The minimum atomic E-state index is 0. The second-order valence-corrected chi connectivity index (χ2v) is 9.92. The largest absolute Gasteiger partial charge is 1.00 e. The van der Waals surface area contributed by atoms with Gasteiger partial charge in [0, 0.05) is 56.8 Å². The molecule has 8 nitrogen and oxygen atoms in total. The summed E-state index contributed by atoms with van der Waals surface area (Å²) in [7, 11) is 5.51. The van der Waals surface area contributed by atoms with Crippen LogP contribution in [0.5, 0.6) is 11.5 Å². The van der Waals surface area contributed by atoms with E-state index in [-0.39, 0.29) is 37.2 Å². The maximum Gasteiger partial charge on any atom is 0.227 e. The number of methoxy groups -OCH3 is 2. The molecule has 0 saturated carbocycles. The lowest BCUT2D eigenvalue weighted by molar-refractivity contribution is -0.00100. The molecule has 2 aliphatic heterocycles. The van der Waals surface area contributed by atoms with Crippen molar-refractivity contribution in [3.8, 4) is 11.5 Å². The van der Waals surface area contributed by atoms with E-state index >= 15 is 0 Å². The predicted molar refractivity (Wildman–Crippen MR) is 145 cm³/mol. The number of benzene rings is 2. The molecule has 2 fully saturated rings. The summed E-state index contributed by atoms with van der Waals surface area (Å²) in [6, 6.07) is 15.1. The van der Waals surface area contributed by atoms with Gasteiger partial charge in [-0.05, 0) is 44.5 Å². The number of anilines is 2. The Hall–Kier alpha value is -2.23. The Morgan fingerprint density at radius 3 is 2.23 bits per heavy atom. The van der Waals surface area contributed by atoms with E-state index in [1.165, 1.54) is 5.56 Å². The molecule has 1 N–H and O–H groups in total. The van der Waals surface area contributed by atoms with Crippen molar-refractivity contribution >= 4 is 22.7 Å². The molecule has 2 saturated heterocycles. The molecule has 0 radical (unpaired) electrons. The van der Waals surface area contributed by atoms with E-state index in [1.54, 1.807) is 14.2 Å². The first-order valence-electron chi connectivity index (χ1n) is 13.0. The second kappa shape index (κ2) is 15.5. The van der Waals surface area contributed by atoms with Crippen molar-refractivity contribution in [2.75, 3.05) is 70.8 Å². The van der Waals surface area contributed by atoms with Gasteiger partial charge in [-0.3, -0.25) is 4.90 Å². The maximum atomic E-state index is 5.60. The summed E-state index contributed by atoms with van der Waals surface area (Å²) >= 11 is 0. The molecule has 0 amide bonds. The Morgan fingerprint density at radius 2 is 1.54 bits per heavy atom. The van der Waals surface area contributed by atoms with Gasteiger partial charge in [-0.15, -0.1) is 0 Å². The zero-order valence-electron chi connectivity index (χ0n) is 22.9. The van der Waals surface area contributed by atoms with E-state index in [0.29, 0.717) is 17.5 Å². The zero-order chi connectivity index (χ0) is 24.9. The number of halogens is 3. The highest BCUT2D eigenvalue weighted by atomic mass is 35.5. The maximum absolute atomic E-state index is 5.60. The lowest BCUT2D eigenvalue weighted by atomic mass is 10.0. The van der Waals surface area contributed by atoms with Crippen molar-refractivity contribution in [3.63, 3.8) is 0 Å². The SMILES string of the molecule is COc1cc2nc(N3CCCN(C)CC3)nc(NC3CCN(Cc4ccccc4)CC3)c2cc1OC.[Cl-].[Cl-].[Cl-]. The van der Waals surface area contributed by atoms with Crippen molar-refractivity contribution in [2.45, 2.75) is 31.8 Å². The number of piperidine rings is 1. The highest BCUT2D eigenvalue weighted by molar-refractivity contribution is 5.93. The second-order valence-electron chi connectivity index (χ2n) is 9.92. The molecular weight excluding hydrogens is 559 g/mol. The highest BCUT2D eigenvalue weighted by Crippen LogP contribution is 2.35. The van der Waals surface area contributed by atoms with E-state index in [0.717, 1.165) is 87.7 Å². The van der Waals surface area contributed by atoms with Crippen molar-refractivity contribution < 1.29 is 46.7 Å². The summed E-state index contributed by atoms with van der Waals surface area (Å²) in [5, 5.41) is 4.76. The first-order chi connectivity index (χ1) is 17.6. The van der Waals surface area contributed by atoms with Crippen LogP contribution in [0.3, 0.4) is 0 Å². The third-order valence-electron chi connectivity index (χ3n) is 7.37. The van der Waals surface area contributed by atoms with E-state index < -0.39 is 0 Å². The van der Waals surface area contributed by atoms with Crippen molar-refractivity contribution in [1.82, 2.24) is 19.8 Å². The number of likely N-dealkylation sites (tertiary alicyclic amines) is 1. The monoisotopic (exact) mass is 595 g/mol. The normalized spacial score (nSPS) is 16.8. The Labute approximate surface area is 250 Å². The van der Waals surface area contributed by atoms with E-state index in [9.17, 15) is 0 Å². The summed E-state index contributed by atoms with van der Waals surface area (Å²) in [6.07, 6.45) is 3.26. The molecule has 2 aromatic carbocycles. The van der Waals surface area contributed by atoms with Gasteiger partial charge in [0.1, 0.15) is 5.82 Å². The van der Waals surface area contributed by atoms with Crippen LogP contribution < -0.4 is 56.9 Å². The molecule has 3 heterocycles. The van der Waals surface area contributed by atoms with Crippen molar-refractivity contribution in [1.29, 1.82) is 0 Å². The number of ether oxygens (including phenoxy) is 2. The predicted octanol–water partition coefficient (Wildman–Crippen LogP) is -5.12. The minimum absolute atomic E-state index is 0. The Kier molecular flexibility index (Phi) is 13.1. The molecule has 0 bridgehead atoms. The summed E-state index contributed by atoms with van der Waals surface area (Å²) in [5.74, 6) is 3.05. The molecule has 0 atom stereocenters. The smallest absolute Gasteiger partial charge is 0.227 e. The van der Waals surface area contributed by atoms with Crippen LogP contribution in [0.25, 0.3) is 10.9 Å². The van der Waals surface area contributed by atoms with Gasteiger partial charge in [-0.1, -0.05) is 30.3 Å². The first kappa shape index (κ1) is 33.0. The lowest BCUT2D eigenvalue weighted by Gasteiger charge is -2.33. The fourth-order valence-electron chi connectivity index (χ4n) is 5.21. The summed E-state index contributed by atoms with van der Waals surface area (Å²) in [5.41, 5.74) is 2.25. The van der Waals surface area contributed by atoms with Gasteiger partial charge in [-0.2, -0.15) is 4.98 Å². The minimum Gasteiger partial charge on any atom is -1.00 e. The van der Waals surface area contributed by atoms with Gasteiger partial charge in [0.15, 0.2) is 11.5 Å². The molecular formula is C28H38Cl3N6O2-3. The number of fused-ring (bicyclic) bond motifs is 1. The van der Waals surface area contributed by atoms with Gasteiger partial charge in [0.2, 0.25) is 5.95 Å². The molecule has 11 heteroatoms. The molecule has 0 unspecified atom stereocenters. The number of likely N-dealkylation sites (N-methyl/N-ethyl adjacent to an activating group) is 1. The van der Waals surface area contributed by atoms with Crippen molar-refractivity contribution in [2.24, 2.45) is 0 Å². The summed E-state index contributed by atoms with van der Waals surface area (Å²) in [4.78, 5) is 17.3. The van der Waals surface area contributed by atoms with Crippen LogP contribution in [0.15, 0.2) is 42.5 Å². The topological polar surface area (TPSA) is 66.0 Å². The van der Waals surface area contributed by atoms with E-state index in [2.05, 4.69) is 57.4 Å². The lowest BCUT2D eigenvalue weighted by Crippen LogP contribution is -3.00. The van der Waals surface area contributed by atoms with Gasteiger partial charge in [-0.25, -0.2) is 4.98 Å². The van der Waals surface area contributed by atoms with Crippen LogP contribution in [0.4, 0.5) is 11.8 Å². The van der Waals surface area contributed by atoms with Gasteiger partial charge in [0.25, 0.3) is 0 Å². The third-order valence-corrected chi connectivity index (χ3v) is 7.37. The van der Waals surface area contributed by atoms with Crippen LogP contribution in [0, 0.1) is 0 Å². The number of nitrogens with zero attached hydrogens (tertiary/aromatic N) is 5. The fraction of sp³-hybridized carbons (Fsp3) is 0.500. The zero-order valence-corrected chi connectivity index (χ0v) is 25.1. The van der Waals surface area contributed by atoms with Crippen LogP contribution in [-0.2, 0) is 6.54 Å². The van der Waals surface area contributed by atoms with Gasteiger partial charge >= 0.3 is 0 Å². The molecule has 3 aromatic rings. The van der Waals surface area contributed by atoms with Crippen LogP contribution in [-0.4, -0.2) is 86.3 Å². The Balaban J connectivity index is 0.00000178. The number of hydrogen-bond donors (Lipinski definition) is 1. The Bertz CT molecular complexity index is 1160. The van der Waals surface area contributed by atoms with Crippen LogP contribution in [0.2, 0.25) is 0 Å². The first-order valence-corrected chi connectivity index (χ1v) is 13.0. The standard InChI is InChI=1S/C28H38N6O2.3ClH/c1-32-12-7-13-34(17-16-32)28-30-24-19-26(36-3)25(35-2)18-23(24)27(31-28)29-22-10-14-33(15-11-22)20-21-8-5-4-6-9-21;;;/h4-6,8-9,18-19,22H,7,10-17,20H2,1-3H3,(H,29,30,31);3*1H/p-3. The van der Waals surface area contributed by atoms with Gasteiger partial charge in [0.05, 0.1) is 19.7 Å². The molecule has 216 valence electrons. The Morgan fingerprint density at radius 1 is 0.846 bits per heavy atom. The third kappa shape index (κ3) is 8.14. The number of nitrogens with one attached hydrogen (secondary N) is 1. The van der Waals surface area contributed by atoms with Crippen LogP contribution in [0.1, 0.15) is 24.8 Å². The highest BCUT2D eigenvalue weighted by Gasteiger charge is 2.23. The summed E-state index contributed by atoms with van der Waals surface area (Å²) in [6.45, 7) is 7.13. The molecule has 0 spiro atoms. The quantitative estimate of drug-likeness (QED) is 0.291. The molecule has 39 heavy (non-hydrogen) atoms. The van der Waals surface area contributed by atoms with E-state index in [4.69, 9.17) is 19.4 Å². The molecule has 5 rings (SSSR count). The van der Waals surface area contributed by atoms with Gasteiger partial charge < -0.3 is 61.8 Å². The molecule has 2 aliphatic rings. The van der Waals surface area contributed by atoms with Crippen molar-refractivity contribution in [3.05, 3.63) is 48.0 Å². The number of rotatable bonds is 7. The number of hydrogen-bond acceptors (Lipinski definition) is 8.